The van der Waals surface area contributed by atoms with Crippen molar-refractivity contribution in [2.75, 3.05) is 25.9 Å². The lowest BCUT2D eigenvalue weighted by Gasteiger charge is -2.37. The van der Waals surface area contributed by atoms with Crippen molar-refractivity contribution in [3.8, 4) is 5.75 Å². The van der Waals surface area contributed by atoms with E-state index in [1.165, 1.54) is 0 Å². The van der Waals surface area contributed by atoms with Gasteiger partial charge in [0.25, 0.3) is 0 Å². The molecule has 0 aromatic heterocycles. The largest absolute Gasteiger partial charge is 0.496 e. The van der Waals surface area contributed by atoms with Gasteiger partial charge in [-0.25, -0.2) is 0 Å². The van der Waals surface area contributed by atoms with Gasteiger partial charge in [0, 0.05) is 30.4 Å². The molecule has 0 radical (unpaired) electrons. The topological polar surface area (TPSA) is 58.7 Å². The molecule has 3 N–H and O–H groups in total. The standard InChI is InChI=1S/C14H22N2O2/c1-14(17)6-3-7-16(10-14)9-11-4-5-12(15)8-13(11)18-2/h4-5,8,17H,3,6-7,9-10,15H2,1-2H3. The van der Waals surface area contributed by atoms with Crippen LogP contribution in [0.1, 0.15) is 25.3 Å². The summed E-state index contributed by atoms with van der Waals surface area (Å²) in [6, 6.07) is 5.73. The Morgan fingerprint density at radius 2 is 2.28 bits per heavy atom. The summed E-state index contributed by atoms with van der Waals surface area (Å²) in [7, 11) is 1.66. The van der Waals surface area contributed by atoms with Crippen molar-refractivity contribution in [1.29, 1.82) is 0 Å². The number of likely N-dealkylation sites (tertiary alicyclic amines) is 1. The number of hydrogen-bond acceptors (Lipinski definition) is 4. The molecule has 1 aliphatic heterocycles. The Hall–Kier alpha value is -1.26. The molecule has 4 heteroatoms. The number of anilines is 1. The molecule has 1 fully saturated rings. The van der Waals surface area contributed by atoms with Crippen LogP contribution in [0.15, 0.2) is 18.2 Å². The number of nitrogen functional groups attached to an aromatic ring is 1. The molecule has 1 aromatic carbocycles. The van der Waals surface area contributed by atoms with Crippen LogP contribution in [0.4, 0.5) is 5.69 Å². The number of rotatable bonds is 3. The van der Waals surface area contributed by atoms with Crippen molar-refractivity contribution in [3.63, 3.8) is 0 Å². The number of aliphatic hydroxyl groups is 1. The van der Waals surface area contributed by atoms with Gasteiger partial charge in [-0.15, -0.1) is 0 Å². The van der Waals surface area contributed by atoms with Gasteiger partial charge in [0.2, 0.25) is 0 Å². The smallest absolute Gasteiger partial charge is 0.125 e. The quantitative estimate of drug-likeness (QED) is 0.800. The van der Waals surface area contributed by atoms with Gasteiger partial charge >= 0.3 is 0 Å². The molecule has 1 saturated heterocycles. The third kappa shape index (κ3) is 3.15. The lowest BCUT2D eigenvalue weighted by molar-refractivity contribution is -0.0183. The monoisotopic (exact) mass is 250 g/mol. The third-order valence-corrected chi connectivity index (χ3v) is 3.46. The second-order valence-corrected chi connectivity index (χ2v) is 5.38. The fourth-order valence-electron chi connectivity index (χ4n) is 2.59. The first-order chi connectivity index (χ1) is 8.50. The molecular formula is C14H22N2O2. The molecular weight excluding hydrogens is 228 g/mol. The molecule has 1 heterocycles. The summed E-state index contributed by atoms with van der Waals surface area (Å²) in [6.07, 6.45) is 1.91. The van der Waals surface area contributed by atoms with Crippen LogP contribution in [0.5, 0.6) is 5.75 Å². The molecule has 0 saturated carbocycles. The van der Waals surface area contributed by atoms with Gasteiger partial charge in [-0.05, 0) is 32.4 Å². The highest BCUT2D eigenvalue weighted by atomic mass is 16.5. The maximum Gasteiger partial charge on any atom is 0.125 e. The SMILES string of the molecule is COc1cc(N)ccc1CN1CCCC(C)(O)C1. The Morgan fingerprint density at radius 1 is 1.50 bits per heavy atom. The highest BCUT2D eigenvalue weighted by Crippen LogP contribution is 2.26. The van der Waals surface area contributed by atoms with Gasteiger partial charge in [0.15, 0.2) is 0 Å². The molecule has 0 aliphatic carbocycles. The minimum atomic E-state index is -0.570. The normalized spacial score (nSPS) is 25.1. The average Bonchev–Trinajstić information content (AvgIpc) is 2.30. The van der Waals surface area contributed by atoms with Crippen LogP contribution >= 0.6 is 0 Å². The molecule has 4 nitrogen and oxygen atoms in total. The van der Waals surface area contributed by atoms with Crippen LogP contribution in [0.2, 0.25) is 0 Å². The minimum Gasteiger partial charge on any atom is -0.496 e. The maximum atomic E-state index is 10.1. The molecule has 1 aliphatic rings. The summed E-state index contributed by atoms with van der Waals surface area (Å²) in [6.45, 7) is 4.42. The average molecular weight is 250 g/mol. The van der Waals surface area contributed by atoms with Gasteiger partial charge in [0.05, 0.1) is 12.7 Å². The van der Waals surface area contributed by atoms with E-state index in [0.717, 1.165) is 37.2 Å². The number of nitrogens with two attached hydrogens (primary N) is 1. The second kappa shape index (κ2) is 5.16. The number of hydrogen-bond donors (Lipinski definition) is 2. The van der Waals surface area contributed by atoms with Crippen LogP contribution in [0.3, 0.4) is 0 Å². The number of piperidine rings is 1. The van der Waals surface area contributed by atoms with Crippen molar-refractivity contribution in [1.82, 2.24) is 4.90 Å². The second-order valence-electron chi connectivity index (χ2n) is 5.38. The van der Waals surface area contributed by atoms with E-state index in [1.807, 2.05) is 25.1 Å². The predicted molar refractivity (Wildman–Crippen MR) is 72.5 cm³/mol. The van der Waals surface area contributed by atoms with Crippen molar-refractivity contribution in [2.24, 2.45) is 0 Å². The minimum absolute atomic E-state index is 0.570. The predicted octanol–water partition coefficient (Wildman–Crippen LogP) is 1.62. The lowest BCUT2D eigenvalue weighted by atomic mass is 9.95. The molecule has 1 aromatic rings. The Labute approximate surface area is 108 Å². The molecule has 100 valence electrons. The van der Waals surface area contributed by atoms with Crippen LogP contribution in [-0.4, -0.2) is 35.8 Å². The number of β-amino-alcohol motifs (C(OH)–C–C–N with tert-alkyl or cyclic N) is 1. The Bertz CT molecular complexity index is 418. The zero-order chi connectivity index (χ0) is 13.2. The van der Waals surface area contributed by atoms with E-state index in [4.69, 9.17) is 10.5 Å². The zero-order valence-electron chi connectivity index (χ0n) is 11.1. The van der Waals surface area contributed by atoms with Crippen molar-refractivity contribution in [2.45, 2.75) is 31.9 Å². The van der Waals surface area contributed by atoms with E-state index in [-0.39, 0.29) is 0 Å². The van der Waals surface area contributed by atoms with Crippen molar-refractivity contribution in [3.05, 3.63) is 23.8 Å². The molecule has 1 unspecified atom stereocenters. The van der Waals surface area contributed by atoms with Crippen LogP contribution < -0.4 is 10.5 Å². The summed E-state index contributed by atoms with van der Waals surface area (Å²) >= 11 is 0. The van der Waals surface area contributed by atoms with Gasteiger partial charge < -0.3 is 15.6 Å². The maximum absolute atomic E-state index is 10.1. The molecule has 0 amide bonds. The van der Waals surface area contributed by atoms with E-state index in [9.17, 15) is 5.11 Å². The molecule has 1 atom stereocenters. The Morgan fingerprint density at radius 3 is 2.94 bits per heavy atom. The Balaban J connectivity index is 2.09. The van der Waals surface area contributed by atoms with Gasteiger partial charge in [0.1, 0.15) is 5.75 Å². The lowest BCUT2D eigenvalue weighted by Crippen LogP contribution is -2.45. The summed E-state index contributed by atoms with van der Waals surface area (Å²) in [5.74, 6) is 0.820. The van der Waals surface area contributed by atoms with Gasteiger partial charge in [-0.3, -0.25) is 4.90 Å². The summed E-state index contributed by atoms with van der Waals surface area (Å²) < 4.78 is 5.35. The van der Waals surface area contributed by atoms with E-state index in [1.54, 1.807) is 7.11 Å². The zero-order valence-corrected chi connectivity index (χ0v) is 11.1. The van der Waals surface area contributed by atoms with E-state index < -0.39 is 5.60 Å². The third-order valence-electron chi connectivity index (χ3n) is 3.46. The summed E-state index contributed by atoms with van der Waals surface area (Å²) in [4.78, 5) is 2.26. The number of methoxy groups -OCH3 is 1. The fourth-order valence-corrected chi connectivity index (χ4v) is 2.59. The molecule has 0 spiro atoms. The molecule has 0 bridgehead atoms. The van der Waals surface area contributed by atoms with Crippen LogP contribution in [0, 0.1) is 0 Å². The van der Waals surface area contributed by atoms with Gasteiger partial charge in [-0.1, -0.05) is 6.07 Å². The number of ether oxygens (including phenoxy) is 1. The first-order valence-corrected chi connectivity index (χ1v) is 6.37. The highest BCUT2D eigenvalue weighted by molar-refractivity contribution is 5.48. The van der Waals surface area contributed by atoms with Crippen LogP contribution in [-0.2, 0) is 6.54 Å². The molecule has 2 rings (SSSR count). The van der Waals surface area contributed by atoms with Crippen LogP contribution in [0.25, 0.3) is 0 Å². The summed E-state index contributed by atoms with van der Waals surface area (Å²) in [5, 5.41) is 10.1. The van der Waals surface area contributed by atoms with E-state index in [0.29, 0.717) is 12.2 Å². The first-order valence-electron chi connectivity index (χ1n) is 6.37. The van der Waals surface area contributed by atoms with Crippen molar-refractivity contribution < 1.29 is 9.84 Å². The summed E-state index contributed by atoms with van der Waals surface area (Å²) in [5.41, 5.74) is 7.00. The van der Waals surface area contributed by atoms with Gasteiger partial charge in [-0.2, -0.15) is 0 Å². The van der Waals surface area contributed by atoms with E-state index in [2.05, 4.69) is 4.90 Å². The van der Waals surface area contributed by atoms with E-state index >= 15 is 0 Å². The Kier molecular flexibility index (Phi) is 3.78. The fraction of sp³-hybridized carbons (Fsp3) is 0.571. The number of nitrogens with zero attached hydrogens (tertiary/aromatic N) is 1. The molecule has 18 heavy (non-hydrogen) atoms. The number of benzene rings is 1. The van der Waals surface area contributed by atoms with Crippen molar-refractivity contribution >= 4 is 5.69 Å². The highest BCUT2D eigenvalue weighted by Gasteiger charge is 2.28. The first kappa shape index (κ1) is 13.2.